The summed E-state index contributed by atoms with van der Waals surface area (Å²) in [6.07, 6.45) is 1.54. The first-order valence-corrected chi connectivity index (χ1v) is 4.18. The molecule has 0 bridgehead atoms. The lowest BCUT2D eigenvalue weighted by molar-refractivity contribution is 0.0529. The van der Waals surface area contributed by atoms with Crippen LogP contribution in [0.1, 0.15) is 0 Å². The first-order chi connectivity index (χ1) is 6.91. The summed E-state index contributed by atoms with van der Waals surface area (Å²) in [5, 5.41) is 5.63. The van der Waals surface area contributed by atoms with Gasteiger partial charge < -0.3 is 14.8 Å². The Morgan fingerprint density at radius 1 is 1.29 bits per heavy atom. The first-order valence-electron chi connectivity index (χ1n) is 4.18. The smallest absolute Gasteiger partial charge is 0.309 e. The molecule has 0 aromatic heterocycles. The van der Waals surface area contributed by atoms with E-state index < -0.39 is 0 Å². The second-order valence-electron chi connectivity index (χ2n) is 2.21. The van der Waals surface area contributed by atoms with Gasteiger partial charge in [-0.15, -0.1) is 0 Å². The van der Waals surface area contributed by atoms with Crippen LogP contribution in [-0.2, 0) is 14.3 Å². The lowest BCUT2D eigenvalue weighted by Gasteiger charge is -2.03. The molecule has 0 aliphatic heterocycles. The van der Waals surface area contributed by atoms with Gasteiger partial charge >= 0.3 is 6.41 Å². The Morgan fingerprint density at radius 3 is 2.64 bits per heavy atom. The summed E-state index contributed by atoms with van der Waals surface area (Å²) >= 11 is 0. The maximum Gasteiger partial charge on any atom is 0.309 e. The zero-order valence-corrected chi connectivity index (χ0v) is 7.81. The highest BCUT2D eigenvalue weighted by molar-refractivity contribution is 5.46. The van der Waals surface area contributed by atoms with Crippen LogP contribution in [0.15, 0.2) is 5.11 Å². The van der Waals surface area contributed by atoms with Gasteiger partial charge in [0, 0.05) is 18.0 Å². The number of rotatable bonds is 10. The highest BCUT2D eigenvalue weighted by Gasteiger charge is 1.89. The molecule has 0 fully saturated rings. The number of nitrogens with zero attached hydrogens (tertiary/aromatic N) is 3. The van der Waals surface area contributed by atoms with Crippen molar-refractivity contribution in [2.24, 2.45) is 5.11 Å². The zero-order valence-electron chi connectivity index (χ0n) is 7.81. The molecule has 0 aliphatic rings. The molecule has 0 atom stereocenters. The second kappa shape index (κ2) is 11.7. The summed E-state index contributed by atoms with van der Waals surface area (Å²) in [5.74, 6) is 0. The Labute approximate surface area is 82.0 Å². The number of amides is 1. The molecule has 0 rings (SSSR count). The summed E-state index contributed by atoms with van der Waals surface area (Å²) in [5.41, 5.74) is 7.93. The lowest BCUT2D eigenvalue weighted by atomic mass is 10.6. The van der Waals surface area contributed by atoms with Crippen LogP contribution in [0.4, 0.5) is 0 Å². The quantitative estimate of drug-likeness (QED) is 0.177. The van der Waals surface area contributed by atoms with E-state index in [0.717, 1.165) is 0 Å². The van der Waals surface area contributed by atoms with E-state index in [9.17, 15) is 4.79 Å². The predicted molar refractivity (Wildman–Crippen MR) is 49.3 cm³/mol. The Kier molecular flexibility index (Phi) is 10.6. The van der Waals surface area contributed by atoms with Crippen molar-refractivity contribution in [3.05, 3.63) is 10.4 Å². The molecule has 1 amide bonds. The number of hydrogen-bond donors (Lipinski definition) is 1. The molecular weight excluding hydrogens is 188 g/mol. The molecule has 7 heteroatoms. The molecular formula is C7H13N4O3. The van der Waals surface area contributed by atoms with E-state index in [0.29, 0.717) is 39.5 Å². The molecule has 1 N–H and O–H groups in total. The minimum absolute atomic E-state index is 0.332. The minimum Gasteiger partial charge on any atom is -0.379 e. The molecule has 7 nitrogen and oxygen atoms in total. The van der Waals surface area contributed by atoms with Gasteiger partial charge in [0.15, 0.2) is 0 Å². The molecule has 0 saturated heterocycles. The van der Waals surface area contributed by atoms with Gasteiger partial charge in [0.25, 0.3) is 0 Å². The number of azide groups is 1. The highest BCUT2D eigenvalue weighted by atomic mass is 16.5. The van der Waals surface area contributed by atoms with Gasteiger partial charge in [0.1, 0.15) is 0 Å². The summed E-state index contributed by atoms with van der Waals surface area (Å²) in [4.78, 5) is 12.3. The third-order valence-corrected chi connectivity index (χ3v) is 1.21. The summed E-state index contributed by atoms with van der Waals surface area (Å²) in [6, 6.07) is 0. The van der Waals surface area contributed by atoms with Gasteiger partial charge in [-0.2, -0.15) is 0 Å². The van der Waals surface area contributed by atoms with Crippen molar-refractivity contribution in [3.63, 3.8) is 0 Å². The summed E-state index contributed by atoms with van der Waals surface area (Å²) in [7, 11) is 0. The van der Waals surface area contributed by atoms with E-state index in [4.69, 9.17) is 15.0 Å². The van der Waals surface area contributed by atoms with Crippen LogP contribution in [0.5, 0.6) is 0 Å². The van der Waals surface area contributed by atoms with Crippen molar-refractivity contribution in [1.82, 2.24) is 5.32 Å². The minimum atomic E-state index is 0.332. The standard InChI is InChI=1S/C7H13N4O3/c8-11-10-2-4-14-6-5-13-3-1-9-7-12/h1-6H2,(H,9,12). The van der Waals surface area contributed by atoms with Crippen molar-refractivity contribution >= 4 is 6.41 Å². The van der Waals surface area contributed by atoms with E-state index in [1.165, 1.54) is 6.41 Å². The van der Waals surface area contributed by atoms with Gasteiger partial charge in [0.2, 0.25) is 0 Å². The monoisotopic (exact) mass is 201 g/mol. The van der Waals surface area contributed by atoms with Gasteiger partial charge in [-0.25, -0.2) is 0 Å². The summed E-state index contributed by atoms with van der Waals surface area (Å²) < 4.78 is 10.1. The Balaban J connectivity index is 2.91. The van der Waals surface area contributed by atoms with Gasteiger partial charge in [0.05, 0.1) is 26.4 Å². The predicted octanol–water partition coefficient (Wildman–Crippen LogP) is -0.0133. The van der Waals surface area contributed by atoms with E-state index in [2.05, 4.69) is 15.3 Å². The molecule has 0 spiro atoms. The Bertz CT molecular complexity index is 182. The van der Waals surface area contributed by atoms with Crippen molar-refractivity contribution in [3.8, 4) is 0 Å². The largest absolute Gasteiger partial charge is 0.379 e. The lowest BCUT2D eigenvalue weighted by Crippen LogP contribution is -2.18. The number of carbonyl (C=O) groups excluding carboxylic acids is 1. The van der Waals surface area contributed by atoms with Crippen molar-refractivity contribution in [2.45, 2.75) is 0 Å². The van der Waals surface area contributed by atoms with Gasteiger partial charge in [-0.1, -0.05) is 5.11 Å². The number of ether oxygens (including phenoxy) is 2. The molecule has 0 heterocycles. The van der Waals surface area contributed by atoms with Crippen LogP contribution in [0, 0.1) is 0 Å². The molecule has 14 heavy (non-hydrogen) atoms. The van der Waals surface area contributed by atoms with Gasteiger partial charge in [-0.05, 0) is 5.53 Å². The maximum atomic E-state index is 9.68. The third-order valence-electron chi connectivity index (χ3n) is 1.21. The molecule has 0 aromatic carbocycles. The average Bonchev–Trinajstić information content (AvgIpc) is 2.21. The van der Waals surface area contributed by atoms with Gasteiger partial charge in [-0.3, -0.25) is 4.79 Å². The SMILES string of the molecule is [N-]=[N+]=NCCOCCOCCN[C]=O. The molecule has 79 valence electrons. The first kappa shape index (κ1) is 12.7. The van der Waals surface area contributed by atoms with Crippen molar-refractivity contribution in [2.75, 3.05) is 39.5 Å². The fourth-order valence-corrected chi connectivity index (χ4v) is 0.646. The van der Waals surface area contributed by atoms with Crippen LogP contribution < -0.4 is 5.32 Å². The summed E-state index contributed by atoms with van der Waals surface area (Å²) in [6.45, 7) is 2.52. The fourth-order valence-electron chi connectivity index (χ4n) is 0.646. The second-order valence-corrected chi connectivity index (χ2v) is 2.21. The van der Waals surface area contributed by atoms with Crippen LogP contribution in [-0.4, -0.2) is 45.9 Å². The van der Waals surface area contributed by atoms with Crippen molar-refractivity contribution in [1.29, 1.82) is 0 Å². The topological polar surface area (TPSA) is 96.3 Å². The number of hydrogen-bond acceptors (Lipinski definition) is 4. The van der Waals surface area contributed by atoms with E-state index >= 15 is 0 Å². The van der Waals surface area contributed by atoms with Crippen LogP contribution in [0.2, 0.25) is 0 Å². The maximum absolute atomic E-state index is 9.68. The third kappa shape index (κ3) is 10.7. The van der Waals surface area contributed by atoms with Crippen molar-refractivity contribution < 1.29 is 14.3 Å². The molecule has 0 unspecified atom stereocenters. The Hall–Kier alpha value is -1.30. The molecule has 0 aromatic rings. The zero-order chi connectivity index (χ0) is 10.5. The number of nitrogens with one attached hydrogen (secondary N) is 1. The van der Waals surface area contributed by atoms with Crippen LogP contribution >= 0.6 is 0 Å². The van der Waals surface area contributed by atoms with E-state index in [1.54, 1.807) is 0 Å². The molecule has 0 aliphatic carbocycles. The van der Waals surface area contributed by atoms with Crippen LogP contribution in [0.25, 0.3) is 10.4 Å². The normalized spacial score (nSPS) is 9.14. The average molecular weight is 201 g/mol. The van der Waals surface area contributed by atoms with Crippen LogP contribution in [0.3, 0.4) is 0 Å². The molecule has 0 saturated carbocycles. The van der Waals surface area contributed by atoms with E-state index in [1.807, 2.05) is 0 Å². The fraction of sp³-hybridized carbons (Fsp3) is 0.857. The molecule has 1 radical (unpaired) electrons. The van der Waals surface area contributed by atoms with E-state index in [-0.39, 0.29) is 0 Å². The highest BCUT2D eigenvalue weighted by Crippen LogP contribution is 1.79. The Morgan fingerprint density at radius 2 is 2.00 bits per heavy atom.